The van der Waals surface area contributed by atoms with Crippen molar-refractivity contribution in [1.82, 2.24) is 4.90 Å². The minimum absolute atomic E-state index is 0.130. The Bertz CT molecular complexity index is 392. The molecule has 1 aliphatic carbocycles. The first-order chi connectivity index (χ1) is 8.18. The monoisotopic (exact) mass is 233 g/mol. The molecule has 3 nitrogen and oxygen atoms in total. The highest BCUT2D eigenvalue weighted by Gasteiger charge is 2.51. The molecule has 0 amide bonds. The van der Waals surface area contributed by atoms with Crippen LogP contribution in [0.25, 0.3) is 0 Å². The Labute approximate surface area is 102 Å². The zero-order valence-electron chi connectivity index (χ0n) is 10.0. The Morgan fingerprint density at radius 2 is 1.88 bits per heavy atom. The van der Waals surface area contributed by atoms with E-state index in [0.29, 0.717) is 6.04 Å². The summed E-state index contributed by atoms with van der Waals surface area (Å²) in [5.41, 5.74) is 1.28. The van der Waals surface area contributed by atoms with Crippen LogP contribution in [0.2, 0.25) is 0 Å². The van der Waals surface area contributed by atoms with E-state index in [-0.39, 0.29) is 12.0 Å². The Morgan fingerprint density at radius 3 is 2.47 bits per heavy atom. The minimum atomic E-state index is -0.570. The van der Waals surface area contributed by atoms with E-state index in [2.05, 4.69) is 24.0 Å². The molecule has 17 heavy (non-hydrogen) atoms. The van der Waals surface area contributed by atoms with Crippen molar-refractivity contribution < 1.29 is 10.2 Å². The lowest BCUT2D eigenvalue weighted by molar-refractivity contribution is -0.0535. The zero-order valence-corrected chi connectivity index (χ0v) is 10.0. The summed E-state index contributed by atoms with van der Waals surface area (Å²) in [5, 5.41) is 19.7. The van der Waals surface area contributed by atoms with Crippen LogP contribution in [0.5, 0.6) is 0 Å². The normalized spacial score (nSPS) is 38.5. The molecule has 2 fully saturated rings. The van der Waals surface area contributed by atoms with Crippen LogP contribution in [0.1, 0.15) is 24.9 Å². The lowest BCUT2D eigenvalue weighted by atomic mass is 10.00. The molecule has 3 rings (SSSR count). The second-order valence-electron chi connectivity index (χ2n) is 5.33. The number of likely N-dealkylation sites (tertiary alicyclic amines) is 1. The highest BCUT2D eigenvalue weighted by atomic mass is 16.3. The third kappa shape index (κ3) is 1.69. The molecule has 0 aromatic heterocycles. The molecule has 2 unspecified atom stereocenters. The molecule has 1 aromatic carbocycles. The average Bonchev–Trinajstić information content (AvgIpc) is 2.91. The average molecular weight is 233 g/mol. The van der Waals surface area contributed by atoms with Crippen molar-refractivity contribution >= 4 is 0 Å². The predicted molar refractivity (Wildman–Crippen MR) is 65.5 cm³/mol. The van der Waals surface area contributed by atoms with Gasteiger partial charge in [-0.25, -0.2) is 0 Å². The molecule has 1 saturated carbocycles. The fraction of sp³-hybridized carbons (Fsp3) is 0.571. The highest BCUT2D eigenvalue weighted by Crippen LogP contribution is 2.42. The van der Waals surface area contributed by atoms with Gasteiger partial charge in [-0.2, -0.15) is 0 Å². The van der Waals surface area contributed by atoms with E-state index in [0.717, 1.165) is 13.0 Å². The molecule has 1 saturated heterocycles. The maximum absolute atomic E-state index is 9.96. The molecule has 1 heterocycles. The van der Waals surface area contributed by atoms with Crippen LogP contribution in [0.4, 0.5) is 0 Å². The largest absolute Gasteiger partial charge is 0.390 e. The number of nitrogens with zero attached hydrogens (tertiary/aromatic N) is 1. The van der Waals surface area contributed by atoms with Crippen LogP contribution in [0.15, 0.2) is 30.3 Å². The lowest BCUT2D eigenvalue weighted by Crippen LogP contribution is -2.49. The summed E-state index contributed by atoms with van der Waals surface area (Å²) in [5.74, 6) is 0.251. The number of rotatable bonds is 2. The maximum atomic E-state index is 9.96. The van der Waals surface area contributed by atoms with E-state index in [1.54, 1.807) is 0 Å². The second-order valence-corrected chi connectivity index (χ2v) is 5.33. The van der Waals surface area contributed by atoms with Gasteiger partial charge in [0.05, 0.1) is 12.2 Å². The van der Waals surface area contributed by atoms with Crippen molar-refractivity contribution in [1.29, 1.82) is 0 Å². The summed E-state index contributed by atoms with van der Waals surface area (Å²) in [6.07, 6.45) is -0.154. The van der Waals surface area contributed by atoms with Crippen LogP contribution in [-0.2, 0) is 0 Å². The first-order valence-electron chi connectivity index (χ1n) is 6.35. The summed E-state index contributed by atoms with van der Waals surface area (Å²) >= 11 is 0. The number of aliphatic hydroxyl groups excluding tert-OH is 2. The first-order valence-corrected chi connectivity index (χ1v) is 6.35. The van der Waals surface area contributed by atoms with E-state index >= 15 is 0 Å². The molecule has 2 aliphatic rings. The van der Waals surface area contributed by atoms with Gasteiger partial charge in [0.15, 0.2) is 0 Å². The van der Waals surface area contributed by atoms with Crippen molar-refractivity contribution in [2.45, 2.75) is 37.6 Å². The van der Waals surface area contributed by atoms with Gasteiger partial charge >= 0.3 is 0 Å². The third-order valence-corrected chi connectivity index (χ3v) is 4.42. The van der Waals surface area contributed by atoms with Crippen LogP contribution >= 0.6 is 0 Å². The number of piperidine rings is 1. The van der Waals surface area contributed by atoms with E-state index in [9.17, 15) is 10.2 Å². The van der Waals surface area contributed by atoms with Gasteiger partial charge < -0.3 is 10.2 Å². The Morgan fingerprint density at radius 1 is 1.18 bits per heavy atom. The Hall–Kier alpha value is -0.900. The van der Waals surface area contributed by atoms with Crippen molar-refractivity contribution in [3.63, 3.8) is 0 Å². The van der Waals surface area contributed by atoms with E-state index in [4.69, 9.17) is 0 Å². The second kappa shape index (κ2) is 4.09. The quantitative estimate of drug-likeness (QED) is 0.806. The van der Waals surface area contributed by atoms with Crippen molar-refractivity contribution in [2.75, 3.05) is 6.54 Å². The van der Waals surface area contributed by atoms with Gasteiger partial charge in [-0.3, -0.25) is 4.90 Å². The number of fused-ring (bicyclic) bond motifs is 2. The SMILES string of the molecule is C[C@@H](c1ccccc1)N1CC2CC1[C@H](O)[C@@H]2O. The van der Waals surface area contributed by atoms with E-state index in [1.807, 2.05) is 18.2 Å². The van der Waals surface area contributed by atoms with Gasteiger partial charge in [-0.1, -0.05) is 30.3 Å². The lowest BCUT2D eigenvalue weighted by Gasteiger charge is -2.37. The van der Waals surface area contributed by atoms with Crippen molar-refractivity contribution in [3.05, 3.63) is 35.9 Å². The first kappa shape index (κ1) is 11.2. The van der Waals surface area contributed by atoms with Crippen LogP contribution in [0.3, 0.4) is 0 Å². The van der Waals surface area contributed by atoms with E-state index < -0.39 is 12.2 Å². The topological polar surface area (TPSA) is 43.7 Å². The molecule has 5 atom stereocenters. The number of hydrogen-bond acceptors (Lipinski definition) is 3. The molecular weight excluding hydrogens is 214 g/mol. The molecule has 2 bridgehead atoms. The Kier molecular flexibility index (Phi) is 2.69. The fourth-order valence-corrected chi connectivity index (χ4v) is 3.38. The fourth-order valence-electron chi connectivity index (χ4n) is 3.38. The molecule has 3 heteroatoms. The standard InChI is InChI=1S/C14H19NO2/c1-9(10-5-3-2-4-6-10)15-8-11-7-12(15)14(17)13(11)16/h2-6,9,11-14,16-17H,7-8H2,1H3/t9-,11?,12?,13+,14-/m0/s1. The van der Waals surface area contributed by atoms with Crippen LogP contribution in [0, 0.1) is 5.92 Å². The predicted octanol–water partition coefficient (Wildman–Crippen LogP) is 1.17. The van der Waals surface area contributed by atoms with Crippen LogP contribution < -0.4 is 0 Å². The molecule has 1 aromatic rings. The highest BCUT2D eigenvalue weighted by molar-refractivity contribution is 5.20. The van der Waals surface area contributed by atoms with Crippen molar-refractivity contribution in [3.8, 4) is 0 Å². The summed E-state index contributed by atoms with van der Waals surface area (Å²) < 4.78 is 0. The molecule has 0 spiro atoms. The third-order valence-electron chi connectivity index (χ3n) is 4.42. The smallest absolute Gasteiger partial charge is 0.0957 e. The molecule has 92 valence electrons. The minimum Gasteiger partial charge on any atom is -0.390 e. The Balaban J connectivity index is 1.79. The molecular formula is C14H19NO2. The van der Waals surface area contributed by atoms with Gasteiger partial charge in [0, 0.05) is 24.5 Å². The molecule has 0 radical (unpaired) electrons. The summed E-state index contributed by atoms with van der Waals surface area (Å²) in [6.45, 7) is 3.08. The summed E-state index contributed by atoms with van der Waals surface area (Å²) in [4.78, 5) is 2.33. The van der Waals surface area contributed by atoms with Crippen molar-refractivity contribution in [2.24, 2.45) is 5.92 Å². The summed E-state index contributed by atoms with van der Waals surface area (Å²) in [7, 11) is 0. The van der Waals surface area contributed by atoms with Gasteiger partial charge in [-0.15, -0.1) is 0 Å². The van der Waals surface area contributed by atoms with Gasteiger partial charge in [-0.05, 0) is 18.9 Å². The maximum Gasteiger partial charge on any atom is 0.0957 e. The van der Waals surface area contributed by atoms with Gasteiger partial charge in [0.2, 0.25) is 0 Å². The van der Waals surface area contributed by atoms with Crippen LogP contribution in [-0.4, -0.2) is 39.9 Å². The summed E-state index contributed by atoms with van der Waals surface area (Å²) in [6, 6.07) is 10.8. The molecule has 2 N–H and O–H groups in total. The number of aliphatic hydroxyl groups is 2. The number of benzene rings is 1. The van der Waals surface area contributed by atoms with Gasteiger partial charge in [0.25, 0.3) is 0 Å². The zero-order chi connectivity index (χ0) is 12.0. The number of hydrogen-bond donors (Lipinski definition) is 2. The molecule has 1 aliphatic heterocycles. The van der Waals surface area contributed by atoms with E-state index in [1.165, 1.54) is 5.56 Å². The van der Waals surface area contributed by atoms with Gasteiger partial charge in [0.1, 0.15) is 0 Å².